The monoisotopic (exact) mass is 490 g/mol. The van der Waals surface area contributed by atoms with Crippen LogP contribution in [0.5, 0.6) is 5.75 Å². The van der Waals surface area contributed by atoms with Crippen LogP contribution in [-0.2, 0) is 9.84 Å². The van der Waals surface area contributed by atoms with Crippen molar-refractivity contribution in [2.75, 3.05) is 13.4 Å². The Balaban J connectivity index is 1.74. The van der Waals surface area contributed by atoms with Gasteiger partial charge in [0.1, 0.15) is 17.1 Å². The number of benzene rings is 3. The van der Waals surface area contributed by atoms with Crippen LogP contribution in [0.25, 0.3) is 32.5 Å². The Morgan fingerprint density at radius 2 is 1.76 bits per heavy atom. The number of methoxy groups -OCH3 is 1. The summed E-state index contributed by atoms with van der Waals surface area (Å²) in [5.74, 6) is 1.45. The number of hydrogen-bond donors (Lipinski definition) is 0. The molecule has 2 heterocycles. The van der Waals surface area contributed by atoms with Crippen LogP contribution in [0, 0.1) is 13.8 Å². The van der Waals surface area contributed by atoms with E-state index in [2.05, 4.69) is 11.1 Å². The van der Waals surface area contributed by atoms with Gasteiger partial charge in [-0.15, -0.1) is 0 Å². The fourth-order valence-electron chi connectivity index (χ4n) is 3.94. The van der Waals surface area contributed by atoms with Crippen LogP contribution in [0.3, 0.4) is 0 Å². The minimum absolute atomic E-state index is 0.271. The SMILES string of the molecule is COc1ccc(-c2c/c(=N\c3nc4ccc(S(C)(=O)=O)cc4s3)c3c(C)cc(C)cc3o2)cc1. The normalized spacial score (nSPS) is 12.5. The van der Waals surface area contributed by atoms with E-state index in [0.29, 0.717) is 16.4 Å². The quantitative estimate of drug-likeness (QED) is 0.310. The molecule has 5 aromatic rings. The molecule has 34 heavy (non-hydrogen) atoms. The van der Waals surface area contributed by atoms with Crippen molar-refractivity contribution in [1.82, 2.24) is 4.98 Å². The Kier molecular flexibility index (Phi) is 5.50. The zero-order chi connectivity index (χ0) is 24.0. The first-order valence-corrected chi connectivity index (χ1v) is 13.3. The van der Waals surface area contributed by atoms with E-state index in [9.17, 15) is 8.42 Å². The zero-order valence-corrected chi connectivity index (χ0v) is 20.8. The van der Waals surface area contributed by atoms with E-state index in [1.54, 1.807) is 25.3 Å². The maximum atomic E-state index is 11.9. The molecule has 0 unspecified atom stereocenters. The molecule has 0 bridgehead atoms. The van der Waals surface area contributed by atoms with Crippen molar-refractivity contribution in [3.8, 4) is 17.1 Å². The van der Waals surface area contributed by atoms with Gasteiger partial charge in [0.15, 0.2) is 9.84 Å². The summed E-state index contributed by atoms with van der Waals surface area (Å²) in [6.45, 7) is 4.07. The fourth-order valence-corrected chi connectivity index (χ4v) is 5.55. The highest BCUT2D eigenvalue weighted by molar-refractivity contribution is 7.90. The lowest BCUT2D eigenvalue weighted by Gasteiger charge is -2.08. The number of aryl methyl sites for hydroxylation is 2. The smallest absolute Gasteiger partial charge is 0.210 e. The van der Waals surface area contributed by atoms with Crippen LogP contribution >= 0.6 is 11.3 Å². The molecular formula is C26H22N2O4S2. The Hall–Kier alpha value is -3.49. The lowest BCUT2D eigenvalue weighted by atomic mass is 10.0. The summed E-state index contributed by atoms with van der Waals surface area (Å²) < 4.78 is 36.2. The van der Waals surface area contributed by atoms with Crippen molar-refractivity contribution in [1.29, 1.82) is 0 Å². The van der Waals surface area contributed by atoms with Gasteiger partial charge in [0.05, 0.1) is 27.6 Å². The van der Waals surface area contributed by atoms with E-state index in [4.69, 9.17) is 14.1 Å². The number of aromatic nitrogens is 1. The second kappa shape index (κ2) is 8.38. The molecule has 0 aliphatic rings. The van der Waals surface area contributed by atoms with Gasteiger partial charge in [-0.3, -0.25) is 0 Å². The molecule has 5 rings (SSSR count). The van der Waals surface area contributed by atoms with Gasteiger partial charge in [0.2, 0.25) is 5.13 Å². The van der Waals surface area contributed by atoms with Crippen LogP contribution in [-0.4, -0.2) is 26.8 Å². The number of sulfone groups is 1. The first-order chi connectivity index (χ1) is 16.2. The van der Waals surface area contributed by atoms with Crippen LogP contribution < -0.4 is 10.1 Å². The van der Waals surface area contributed by atoms with Gasteiger partial charge in [-0.1, -0.05) is 17.4 Å². The molecule has 6 nitrogen and oxygen atoms in total. The minimum atomic E-state index is -3.30. The van der Waals surface area contributed by atoms with E-state index in [0.717, 1.165) is 43.5 Å². The number of nitrogens with zero attached hydrogens (tertiary/aromatic N) is 2. The molecule has 3 aromatic carbocycles. The Morgan fingerprint density at radius 3 is 2.47 bits per heavy atom. The van der Waals surface area contributed by atoms with Gasteiger partial charge in [-0.05, 0) is 73.5 Å². The molecule has 0 spiro atoms. The molecule has 0 amide bonds. The number of fused-ring (bicyclic) bond motifs is 2. The van der Waals surface area contributed by atoms with E-state index < -0.39 is 9.84 Å². The average molecular weight is 491 g/mol. The van der Waals surface area contributed by atoms with Gasteiger partial charge in [-0.25, -0.2) is 18.4 Å². The van der Waals surface area contributed by atoms with Gasteiger partial charge in [-0.2, -0.15) is 0 Å². The molecular weight excluding hydrogens is 468 g/mol. The average Bonchev–Trinajstić information content (AvgIpc) is 3.19. The highest BCUT2D eigenvalue weighted by Gasteiger charge is 2.13. The highest BCUT2D eigenvalue weighted by atomic mass is 32.2. The third-order valence-corrected chi connectivity index (χ3v) is 7.58. The van der Waals surface area contributed by atoms with E-state index in [1.807, 2.05) is 50.2 Å². The lowest BCUT2D eigenvalue weighted by molar-refractivity contribution is 0.415. The van der Waals surface area contributed by atoms with Crippen LogP contribution in [0.2, 0.25) is 0 Å². The standard InChI is InChI=1S/C26H22N2O4S2/c1-15-11-16(2)25-21(14-22(32-23(25)12-15)17-5-7-18(31-3)8-6-17)28-26-27-20-10-9-19(34(4,29)30)13-24(20)33-26/h5-14H,1-4H3/b28-21+. The third kappa shape index (κ3) is 4.22. The predicted molar refractivity (Wildman–Crippen MR) is 136 cm³/mol. The van der Waals surface area contributed by atoms with Gasteiger partial charge in [0, 0.05) is 23.3 Å². The highest BCUT2D eigenvalue weighted by Crippen LogP contribution is 2.31. The van der Waals surface area contributed by atoms with Crippen LogP contribution in [0.15, 0.2) is 75.0 Å². The summed E-state index contributed by atoms with van der Waals surface area (Å²) in [6.07, 6.45) is 1.20. The van der Waals surface area contributed by atoms with E-state index >= 15 is 0 Å². The Morgan fingerprint density at radius 1 is 1.00 bits per heavy atom. The molecule has 0 atom stereocenters. The maximum absolute atomic E-state index is 11.9. The minimum Gasteiger partial charge on any atom is -0.497 e. The number of ether oxygens (including phenoxy) is 1. The largest absolute Gasteiger partial charge is 0.497 e. The van der Waals surface area contributed by atoms with Crippen LogP contribution in [0.1, 0.15) is 11.1 Å². The summed E-state index contributed by atoms with van der Waals surface area (Å²) in [6, 6.07) is 18.6. The molecule has 0 saturated heterocycles. The second-order valence-electron chi connectivity index (χ2n) is 8.19. The molecule has 0 fully saturated rings. The van der Waals surface area contributed by atoms with E-state index in [1.165, 1.54) is 17.6 Å². The molecule has 0 aliphatic carbocycles. The summed E-state index contributed by atoms with van der Waals surface area (Å²) in [7, 11) is -1.66. The van der Waals surface area contributed by atoms with Crippen molar-refractivity contribution in [2.45, 2.75) is 18.7 Å². The number of hydrogen-bond acceptors (Lipinski definition) is 7. The van der Waals surface area contributed by atoms with E-state index in [-0.39, 0.29) is 4.90 Å². The van der Waals surface area contributed by atoms with Gasteiger partial charge < -0.3 is 9.15 Å². The Bertz CT molecular complexity index is 1730. The predicted octanol–water partition coefficient (Wildman–Crippen LogP) is 5.97. The van der Waals surface area contributed by atoms with Crippen molar-refractivity contribution in [3.05, 3.63) is 77.1 Å². The lowest BCUT2D eigenvalue weighted by Crippen LogP contribution is -2.05. The van der Waals surface area contributed by atoms with Crippen molar-refractivity contribution < 1.29 is 17.6 Å². The summed E-state index contributed by atoms with van der Waals surface area (Å²) in [5.41, 5.74) is 4.51. The first-order valence-electron chi connectivity index (χ1n) is 10.6. The van der Waals surface area contributed by atoms with Gasteiger partial charge >= 0.3 is 0 Å². The summed E-state index contributed by atoms with van der Waals surface area (Å²) >= 11 is 1.36. The topological polar surface area (TPSA) is 81.8 Å². The summed E-state index contributed by atoms with van der Waals surface area (Å²) in [4.78, 5) is 9.77. The Labute approximate surface area is 201 Å². The molecule has 0 saturated carbocycles. The molecule has 0 radical (unpaired) electrons. The van der Waals surface area contributed by atoms with Crippen molar-refractivity contribution in [2.24, 2.45) is 4.99 Å². The van der Waals surface area contributed by atoms with Crippen molar-refractivity contribution >= 4 is 47.5 Å². The molecule has 0 N–H and O–H groups in total. The number of thiazole rings is 1. The second-order valence-corrected chi connectivity index (χ2v) is 11.2. The van der Waals surface area contributed by atoms with Gasteiger partial charge in [0.25, 0.3) is 0 Å². The third-order valence-electron chi connectivity index (χ3n) is 5.55. The van der Waals surface area contributed by atoms with Crippen LogP contribution in [0.4, 0.5) is 5.13 Å². The first kappa shape index (κ1) is 22.3. The maximum Gasteiger partial charge on any atom is 0.210 e. The molecule has 172 valence electrons. The number of rotatable bonds is 4. The molecule has 8 heteroatoms. The zero-order valence-electron chi connectivity index (χ0n) is 19.1. The summed E-state index contributed by atoms with van der Waals surface area (Å²) in [5, 5.41) is 2.21. The van der Waals surface area contributed by atoms with Crippen molar-refractivity contribution in [3.63, 3.8) is 0 Å². The molecule has 0 aliphatic heterocycles. The molecule has 2 aromatic heterocycles. The fraction of sp³-hybridized carbons (Fsp3) is 0.154.